The van der Waals surface area contributed by atoms with E-state index >= 15 is 0 Å². The number of nitrogens with zero attached hydrogens (tertiary/aromatic N) is 1. The minimum absolute atomic E-state index is 0.700. The maximum absolute atomic E-state index is 5.12. The Bertz CT molecular complexity index is 381. The topological polar surface area (TPSA) is 37.9 Å². The molecular weight excluding hydrogens is 164 g/mol. The van der Waals surface area contributed by atoms with E-state index in [1.54, 1.807) is 13.3 Å². The highest BCUT2D eigenvalue weighted by Gasteiger charge is 2.05. The van der Waals surface area contributed by atoms with Gasteiger partial charge in [-0.05, 0) is 5.56 Å². The summed E-state index contributed by atoms with van der Waals surface area (Å²) in [5.74, 6) is 0.700. The molecule has 0 aliphatic rings. The molecule has 0 bridgehead atoms. The van der Waals surface area contributed by atoms with Crippen molar-refractivity contribution in [2.24, 2.45) is 0 Å². The standard InChI is InChI=1S/C10H10N2O/c1-13-10-9(7-11-12-10)8-5-3-2-4-6-8/h2-7H,1H3,(H,11,12). The molecule has 13 heavy (non-hydrogen) atoms. The Morgan fingerprint density at radius 3 is 2.69 bits per heavy atom. The van der Waals surface area contributed by atoms with Gasteiger partial charge in [-0.2, -0.15) is 5.10 Å². The highest BCUT2D eigenvalue weighted by molar-refractivity contribution is 5.67. The van der Waals surface area contributed by atoms with Crippen molar-refractivity contribution in [1.29, 1.82) is 0 Å². The first-order valence-corrected chi connectivity index (χ1v) is 4.04. The summed E-state index contributed by atoms with van der Waals surface area (Å²) in [6, 6.07) is 10.0. The van der Waals surface area contributed by atoms with E-state index in [2.05, 4.69) is 10.2 Å². The number of aromatic amines is 1. The van der Waals surface area contributed by atoms with Gasteiger partial charge in [-0.1, -0.05) is 30.3 Å². The lowest BCUT2D eigenvalue weighted by atomic mass is 10.1. The minimum Gasteiger partial charge on any atom is -0.481 e. The van der Waals surface area contributed by atoms with Crippen LogP contribution in [-0.4, -0.2) is 17.3 Å². The number of H-pyrrole nitrogens is 1. The lowest BCUT2D eigenvalue weighted by Crippen LogP contribution is -1.84. The molecule has 2 aromatic rings. The molecule has 0 radical (unpaired) electrons. The fourth-order valence-electron chi connectivity index (χ4n) is 1.25. The molecule has 3 heteroatoms. The van der Waals surface area contributed by atoms with E-state index in [0.29, 0.717) is 5.88 Å². The summed E-state index contributed by atoms with van der Waals surface area (Å²) in [6.07, 6.45) is 1.76. The van der Waals surface area contributed by atoms with Crippen molar-refractivity contribution in [3.63, 3.8) is 0 Å². The fourth-order valence-corrected chi connectivity index (χ4v) is 1.25. The van der Waals surface area contributed by atoms with Gasteiger partial charge in [0.05, 0.1) is 18.9 Å². The second-order valence-electron chi connectivity index (χ2n) is 2.68. The van der Waals surface area contributed by atoms with E-state index in [1.165, 1.54) is 0 Å². The SMILES string of the molecule is COc1[nH]ncc1-c1ccccc1. The summed E-state index contributed by atoms with van der Waals surface area (Å²) >= 11 is 0. The van der Waals surface area contributed by atoms with E-state index in [4.69, 9.17) is 4.74 Å². The quantitative estimate of drug-likeness (QED) is 0.756. The number of hydrogen-bond acceptors (Lipinski definition) is 2. The molecule has 0 aliphatic heterocycles. The van der Waals surface area contributed by atoms with Gasteiger partial charge in [0, 0.05) is 0 Å². The van der Waals surface area contributed by atoms with Crippen LogP contribution < -0.4 is 4.74 Å². The van der Waals surface area contributed by atoms with Gasteiger partial charge in [0.1, 0.15) is 0 Å². The molecule has 2 rings (SSSR count). The number of nitrogens with one attached hydrogen (secondary N) is 1. The van der Waals surface area contributed by atoms with E-state index < -0.39 is 0 Å². The predicted molar refractivity (Wildman–Crippen MR) is 50.6 cm³/mol. The van der Waals surface area contributed by atoms with Crippen LogP contribution in [0.5, 0.6) is 5.88 Å². The van der Waals surface area contributed by atoms with Crippen molar-refractivity contribution in [3.8, 4) is 17.0 Å². The number of ether oxygens (including phenoxy) is 1. The van der Waals surface area contributed by atoms with Gasteiger partial charge in [-0.25, -0.2) is 5.10 Å². The van der Waals surface area contributed by atoms with Gasteiger partial charge in [-0.15, -0.1) is 0 Å². The van der Waals surface area contributed by atoms with Crippen LogP contribution in [0.15, 0.2) is 36.5 Å². The first kappa shape index (κ1) is 7.86. The van der Waals surface area contributed by atoms with Crippen LogP contribution in [-0.2, 0) is 0 Å². The van der Waals surface area contributed by atoms with Crippen molar-refractivity contribution in [3.05, 3.63) is 36.5 Å². The highest BCUT2D eigenvalue weighted by Crippen LogP contribution is 2.26. The third-order valence-corrected chi connectivity index (χ3v) is 1.89. The molecule has 0 spiro atoms. The first-order valence-electron chi connectivity index (χ1n) is 4.04. The number of benzene rings is 1. The van der Waals surface area contributed by atoms with Crippen LogP contribution in [0.1, 0.15) is 0 Å². The molecule has 0 fully saturated rings. The van der Waals surface area contributed by atoms with Gasteiger partial charge >= 0.3 is 0 Å². The monoisotopic (exact) mass is 174 g/mol. The van der Waals surface area contributed by atoms with Crippen LogP contribution >= 0.6 is 0 Å². The van der Waals surface area contributed by atoms with Gasteiger partial charge in [0.15, 0.2) is 0 Å². The summed E-state index contributed by atoms with van der Waals surface area (Å²) in [7, 11) is 1.62. The van der Waals surface area contributed by atoms with E-state index in [-0.39, 0.29) is 0 Å². The lowest BCUT2D eigenvalue weighted by Gasteiger charge is -2.00. The molecule has 0 aliphatic carbocycles. The zero-order valence-corrected chi connectivity index (χ0v) is 7.32. The summed E-state index contributed by atoms with van der Waals surface area (Å²) in [4.78, 5) is 0. The van der Waals surface area contributed by atoms with Crippen LogP contribution in [0.3, 0.4) is 0 Å². The van der Waals surface area contributed by atoms with Gasteiger partial charge < -0.3 is 4.74 Å². The van der Waals surface area contributed by atoms with Crippen LogP contribution in [0.25, 0.3) is 11.1 Å². The molecule has 3 nitrogen and oxygen atoms in total. The van der Waals surface area contributed by atoms with E-state index in [1.807, 2.05) is 30.3 Å². The van der Waals surface area contributed by atoms with Crippen molar-refractivity contribution < 1.29 is 4.74 Å². The average Bonchev–Trinajstić information content (AvgIpc) is 2.67. The molecule has 1 heterocycles. The molecule has 0 atom stereocenters. The van der Waals surface area contributed by atoms with Crippen molar-refractivity contribution in [2.45, 2.75) is 0 Å². The average molecular weight is 174 g/mol. The number of hydrogen-bond donors (Lipinski definition) is 1. The van der Waals surface area contributed by atoms with E-state index in [9.17, 15) is 0 Å². The Morgan fingerprint density at radius 2 is 2.00 bits per heavy atom. The zero-order chi connectivity index (χ0) is 9.10. The zero-order valence-electron chi connectivity index (χ0n) is 7.32. The number of methoxy groups -OCH3 is 1. The third-order valence-electron chi connectivity index (χ3n) is 1.89. The van der Waals surface area contributed by atoms with Gasteiger partial charge in [0.2, 0.25) is 5.88 Å². The van der Waals surface area contributed by atoms with Gasteiger partial charge in [0.25, 0.3) is 0 Å². The van der Waals surface area contributed by atoms with Crippen molar-refractivity contribution in [1.82, 2.24) is 10.2 Å². The number of rotatable bonds is 2. The molecule has 1 aromatic heterocycles. The molecule has 0 saturated heterocycles. The van der Waals surface area contributed by atoms with Crippen LogP contribution in [0.2, 0.25) is 0 Å². The highest BCUT2D eigenvalue weighted by atomic mass is 16.5. The second-order valence-corrected chi connectivity index (χ2v) is 2.68. The molecule has 1 aromatic carbocycles. The lowest BCUT2D eigenvalue weighted by molar-refractivity contribution is 0.398. The fraction of sp³-hybridized carbons (Fsp3) is 0.100. The molecule has 0 saturated carbocycles. The van der Waals surface area contributed by atoms with Crippen molar-refractivity contribution >= 4 is 0 Å². The smallest absolute Gasteiger partial charge is 0.216 e. The minimum atomic E-state index is 0.700. The van der Waals surface area contributed by atoms with E-state index in [0.717, 1.165) is 11.1 Å². The second kappa shape index (κ2) is 3.31. The molecule has 66 valence electrons. The largest absolute Gasteiger partial charge is 0.481 e. The maximum atomic E-state index is 5.12. The Labute approximate surface area is 76.4 Å². The van der Waals surface area contributed by atoms with Crippen LogP contribution in [0.4, 0.5) is 0 Å². The molecule has 1 N–H and O–H groups in total. The molecule has 0 unspecified atom stereocenters. The predicted octanol–water partition coefficient (Wildman–Crippen LogP) is 2.09. The third kappa shape index (κ3) is 1.40. The molecule has 0 amide bonds. The maximum Gasteiger partial charge on any atom is 0.216 e. The summed E-state index contributed by atoms with van der Waals surface area (Å²) < 4.78 is 5.12. The Morgan fingerprint density at radius 1 is 1.23 bits per heavy atom. The summed E-state index contributed by atoms with van der Waals surface area (Å²) in [5.41, 5.74) is 2.09. The Kier molecular flexibility index (Phi) is 2.00. The first-order chi connectivity index (χ1) is 6.42. The summed E-state index contributed by atoms with van der Waals surface area (Å²) in [5, 5.41) is 6.70. The number of aromatic nitrogens is 2. The summed E-state index contributed by atoms with van der Waals surface area (Å²) in [6.45, 7) is 0. The Balaban J connectivity index is 2.47. The van der Waals surface area contributed by atoms with Crippen LogP contribution in [0, 0.1) is 0 Å². The Hall–Kier alpha value is -1.77. The normalized spacial score (nSPS) is 9.92. The van der Waals surface area contributed by atoms with Crippen molar-refractivity contribution in [2.75, 3.05) is 7.11 Å². The van der Waals surface area contributed by atoms with Gasteiger partial charge in [-0.3, -0.25) is 0 Å². The molecular formula is C10H10N2O.